The van der Waals surface area contributed by atoms with Gasteiger partial charge in [0.2, 0.25) is 0 Å². The standard InChI is InChI=1S/C12H13F3O3S/c1-17-12(16)9-4-3-8(19-2)5-7(9)6-18-11(15)10(13)14/h3-5,10-11H,6H2,1-2H3. The largest absolute Gasteiger partial charge is 0.465 e. The van der Waals surface area contributed by atoms with Gasteiger partial charge in [0, 0.05) is 4.90 Å². The summed E-state index contributed by atoms with van der Waals surface area (Å²) < 4.78 is 45.7. The number of esters is 1. The predicted octanol–water partition coefficient (Wildman–Crippen LogP) is 3.27. The van der Waals surface area contributed by atoms with Crippen LogP contribution in [-0.4, -0.2) is 32.1 Å². The van der Waals surface area contributed by atoms with Gasteiger partial charge in [-0.1, -0.05) is 0 Å². The number of carbonyl (C=O) groups is 1. The van der Waals surface area contributed by atoms with Gasteiger partial charge in [0.15, 0.2) is 0 Å². The van der Waals surface area contributed by atoms with Crippen molar-refractivity contribution in [3.63, 3.8) is 0 Å². The van der Waals surface area contributed by atoms with Gasteiger partial charge in [-0.2, -0.15) is 0 Å². The zero-order chi connectivity index (χ0) is 14.4. The van der Waals surface area contributed by atoms with Crippen LogP contribution >= 0.6 is 11.8 Å². The van der Waals surface area contributed by atoms with Gasteiger partial charge in [-0.3, -0.25) is 0 Å². The Labute approximate surface area is 113 Å². The van der Waals surface area contributed by atoms with Crippen molar-refractivity contribution in [3.8, 4) is 0 Å². The van der Waals surface area contributed by atoms with Gasteiger partial charge in [-0.25, -0.2) is 18.0 Å². The van der Waals surface area contributed by atoms with Crippen LogP contribution in [0, 0.1) is 0 Å². The number of hydrogen-bond acceptors (Lipinski definition) is 4. The van der Waals surface area contributed by atoms with Crippen LogP contribution < -0.4 is 0 Å². The second-order valence-corrected chi connectivity index (χ2v) is 4.39. The summed E-state index contributed by atoms with van der Waals surface area (Å²) in [4.78, 5) is 12.3. The fourth-order valence-corrected chi connectivity index (χ4v) is 1.83. The Morgan fingerprint density at radius 3 is 2.58 bits per heavy atom. The molecule has 0 aliphatic heterocycles. The van der Waals surface area contributed by atoms with E-state index in [0.29, 0.717) is 5.56 Å². The molecule has 1 unspecified atom stereocenters. The zero-order valence-corrected chi connectivity index (χ0v) is 11.2. The molecule has 0 bridgehead atoms. The maximum atomic E-state index is 12.7. The molecule has 7 heteroatoms. The van der Waals surface area contributed by atoms with Gasteiger partial charge >= 0.3 is 5.97 Å². The van der Waals surface area contributed by atoms with Crippen molar-refractivity contribution in [2.75, 3.05) is 13.4 Å². The van der Waals surface area contributed by atoms with E-state index in [4.69, 9.17) is 0 Å². The van der Waals surface area contributed by atoms with Crippen LogP contribution in [0.25, 0.3) is 0 Å². The minimum atomic E-state index is -3.22. The maximum Gasteiger partial charge on any atom is 0.338 e. The minimum absolute atomic E-state index is 0.168. The molecule has 0 saturated carbocycles. The van der Waals surface area contributed by atoms with E-state index in [1.165, 1.54) is 24.9 Å². The summed E-state index contributed by atoms with van der Waals surface area (Å²) in [6, 6.07) is 4.75. The molecular formula is C12H13F3O3S. The van der Waals surface area contributed by atoms with Gasteiger partial charge in [0.1, 0.15) is 0 Å². The average molecular weight is 294 g/mol. The van der Waals surface area contributed by atoms with Crippen molar-refractivity contribution in [1.82, 2.24) is 0 Å². The Morgan fingerprint density at radius 2 is 2.05 bits per heavy atom. The van der Waals surface area contributed by atoms with Gasteiger partial charge < -0.3 is 9.47 Å². The van der Waals surface area contributed by atoms with Crippen LogP contribution in [0.2, 0.25) is 0 Å². The maximum absolute atomic E-state index is 12.7. The van der Waals surface area contributed by atoms with Gasteiger partial charge in [0.05, 0.1) is 19.3 Å². The molecule has 1 rings (SSSR count). The van der Waals surface area contributed by atoms with Crippen molar-refractivity contribution < 1.29 is 27.4 Å². The highest BCUT2D eigenvalue weighted by Crippen LogP contribution is 2.22. The molecule has 1 aromatic carbocycles. The summed E-state index contributed by atoms with van der Waals surface area (Å²) in [5, 5.41) is 0. The Bertz CT molecular complexity index is 440. The number of hydrogen-bond donors (Lipinski definition) is 0. The fourth-order valence-electron chi connectivity index (χ4n) is 1.37. The highest BCUT2D eigenvalue weighted by molar-refractivity contribution is 7.98. The number of halogens is 3. The molecule has 0 fully saturated rings. The highest BCUT2D eigenvalue weighted by atomic mass is 32.2. The number of benzene rings is 1. The third-order valence-corrected chi connectivity index (χ3v) is 3.04. The molecule has 0 aliphatic carbocycles. The quantitative estimate of drug-likeness (QED) is 0.596. The van der Waals surface area contributed by atoms with E-state index in [1.807, 2.05) is 6.26 Å². The first kappa shape index (κ1) is 15.8. The Kier molecular flexibility index (Phi) is 6.17. The van der Waals surface area contributed by atoms with E-state index in [1.54, 1.807) is 12.1 Å². The van der Waals surface area contributed by atoms with Crippen LogP contribution in [0.3, 0.4) is 0 Å². The molecule has 0 N–H and O–H groups in total. The Morgan fingerprint density at radius 1 is 1.37 bits per heavy atom. The number of ether oxygens (including phenoxy) is 2. The van der Waals surface area contributed by atoms with E-state index in [2.05, 4.69) is 9.47 Å². The van der Waals surface area contributed by atoms with Crippen molar-refractivity contribution in [2.24, 2.45) is 0 Å². The molecule has 0 spiro atoms. The normalized spacial score (nSPS) is 12.5. The van der Waals surface area contributed by atoms with E-state index in [-0.39, 0.29) is 5.56 Å². The molecule has 0 amide bonds. The fraction of sp³-hybridized carbons (Fsp3) is 0.417. The lowest BCUT2D eigenvalue weighted by molar-refractivity contribution is -0.135. The summed E-state index contributed by atoms with van der Waals surface area (Å²) >= 11 is 1.40. The van der Waals surface area contributed by atoms with Crippen LogP contribution in [0.15, 0.2) is 23.1 Å². The highest BCUT2D eigenvalue weighted by Gasteiger charge is 2.21. The smallest absolute Gasteiger partial charge is 0.338 e. The summed E-state index contributed by atoms with van der Waals surface area (Å²) in [7, 11) is 1.20. The molecular weight excluding hydrogens is 281 g/mol. The molecule has 0 aliphatic rings. The summed E-state index contributed by atoms with van der Waals surface area (Å²) in [6.07, 6.45) is -4.08. The molecule has 0 heterocycles. The van der Waals surface area contributed by atoms with Crippen molar-refractivity contribution in [2.45, 2.75) is 24.3 Å². The third-order valence-electron chi connectivity index (χ3n) is 2.31. The van der Waals surface area contributed by atoms with E-state index < -0.39 is 25.4 Å². The van der Waals surface area contributed by atoms with Gasteiger partial charge in [0.25, 0.3) is 12.8 Å². The van der Waals surface area contributed by atoms with Crippen LogP contribution in [0.1, 0.15) is 15.9 Å². The number of methoxy groups -OCH3 is 1. The average Bonchev–Trinajstić information content (AvgIpc) is 2.43. The summed E-state index contributed by atoms with van der Waals surface area (Å²) in [5.74, 6) is -0.626. The van der Waals surface area contributed by atoms with E-state index >= 15 is 0 Å². The SMILES string of the molecule is COC(=O)c1ccc(SC)cc1COC(F)C(F)F. The topological polar surface area (TPSA) is 35.5 Å². The van der Waals surface area contributed by atoms with Crippen LogP contribution in [0.5, 0.6) is 0 Å². The predicted molar refractivity (Wildman–Crippen MR) is 65.3 cm³/mol. The minimum Gasteiger partial charge on any atom is -0.465 e. The van der Waals surface area contributed by atoms with Gasteiger partial charge in [-0.15, -0.1) is 11.8 Å². The Balaban J connectivity index is 2.91. The molecule has 106 valence electrons. The lowest BCUT2D eigenvalue weighted by atomic mass is 10.1. The number of carbonyl (C=O) groups excluding carboxylic acids is 1. The van der Waals surface area contributed by atoms with Crippen molar-refractivity contribution in [1.29, 1.82) is 0 Å². The molecule has 1 atom stereocenters. The summed E-state index contributed by atoms with van der Waals surface area (Å²) in [6.45, 7) is -0.426. The van der Waals surface area contributed by atoms with E-state index in [0.717, 1.165) is 4.90 Å². The molecule has 0 saturated heterocycles. The Hall–Kier alpha value is -1.21. The lowest BCUT2D eigenvalue weighted by Gasteiger charge is -2.12. The molecule has 3 nitrogen and oxygen atoms in total. The zero-order valence-electron chi connectivity index (χ0n) is 10.4. The molecule has 0 radical (unpaired) electrons. The molecule has 19 heavy (non-hydrogen) atoms. The first-order valence-electron chi connectivity index (χ1n) is 5.28. The van der Waals surface area contributed by atoms with Crippen molar-refractivity contribution >= 4 is 17.7 Å². The first-order valence-corrected chi connectivity index (χ1v) is 6.51. The molecule has 1 aromatic rings. The third kappa shape index (κ3) is 4.43. The van der Waals surface area contributed by atoms with Crippen molar-refractivity contribution in [3.05, 3.63) is 29.3 Å². The monoisotopic (exact) mass is 294 g/mol. The summed E-state index contributed by atoms with van der Waals surface area (Å²) in [5.41, 5.74) is 0.476. The van der Waals surface area contributed by atoms with E-state index in [9.17, 15) is 18.0 Å². The molecule has 0 aromatic heterocycles. The lowest BCUT2D eigenvalue weighted by Crippen LogP contribution is -2.17. The number of rotatable bonds is 6. The second kappa shape index (κ2) is 7.40. The number of alkyl halides is 3. The first-order chi connectivity index (χ1) is 8.99. The van der Waals surface area contributed by atoms with Crippen LogP contribution in [0.4, 0.5) is 13.2 Å². The van der Waals surface area contributed by atoms with Gasteiger partial charge in [-0.05, 0) is 30.0 Å². The number of thioether (sulfide) groups is 1. The van der Waals surface area contributed by atoms with Crippen LogP contribution in [-0.2, 0) is 16.1 Å². The second-order valence-electron chi connectivity index (χ2n) is 3.51.